The zero-order chi connectivity index (χ0) is 18.1. The van der Waals surface area contributed by atoms with Gasteiger partial charge in [-0.2, -0.15) is 0 Å². The predicted molar refractivity (Wildman–Crippen MR) is 101 cm³/mol. The van der Waals surface area contributed by atoms with Crippen LogP contribution in [0.1, 0.15) is 15.9 Å². The van der Waals surface area contributed by atoms with Crippen molar-refractivity contribution in [3.8, 4) is 17.2 Å². The molecule has 2 N–H and O–H groups in total. The van der Waals surface area contributed by atoms with Crippen molar-refractivity contribution in [3.63, 3.8) is 0 Å². The second kappa shape index (κ2) is 6.58. The minimum atomic E-state index is -0.125. The third-order valence-electron chi connectivity index (χ3n) is 4.08. The topological polar surface area (TPSA) is 62.3 Å². The van der Waals surface area contributed by atoms with E-state index in [1.165, 1.54) is 12.1 Å². The van der Waals surface area contributed by atoms with Crippen molar-refractivity contribution in [2.24, 2.45) is 0 Å². The lowest BCUT2D eigenvalue weighted by Crippen LogP contribution is -1.99. The van der Waals surface area contributed by atoms with Gasteiger partial charge >= 0.3 is 0 Å². The van der Waals surface area contributed by atoms with Crippen LogP contribution in [0.2, 0.25) is 5.02 Å². The van der Waals surface area contributed by atoms with Gasteiger partial charge in [-0.05, 0) is 66.7 Å². The molecule has 0 amide bonds. The molecule has 1 aromatic heterocycles. The molecule has 4 nitrogen and oxygen atoms in total. The van der Waals surface area contributed by atoms with Gasteiger partial charge in [-0.15, -0.1) is 0 Å². The molecule has 0 radical (unpaired) electrons. The summed E-state index contributed by atoms with van der Waals surface area (Å²) in [6, 6.07) is 18.8. The van der Waals surface area contributed by atoms with E-state index < -0.39 is 0 Å². The van der Waals surface area contributed by atoms with E-state index in [9.17, 15) is 9.90 Å². The molecule has 0 bridgehead atoms. The fourth-order valence-corrected chi connectivity index (χ4v) is 2.88. The average molecular weight is 364 g/mol. The van der Waals surface area contributed by atoms with Gasteiger partial charge in [0.25, 0.3) is 0 Å². The number of phenols is 1. The lowest BCUT2D eigenvalue weighted by atomic mass is 10.0. The highest BCUT2D eigenvalue weighted by Gasteiger charge is 2.15. The molecule has 4 rings (SSSR count). The Morgan fingerprint density at radius 2 is 1.62 bits per heavy atom. The van der Waals surface area contributed by atoms with Gasteiger partial charge in [-0.3, -0.25) is 4.79 Å². The summed E-state index contributed by atoms with van der Waals surface area (Å²) < 4.78 is 5.85. The highest BCUT2D eigenvalue weighted by Crippen LogP contribution is 2.29. The molecule has 0 fully saturated rings. The zero-order valence-corrected chi connectivity index (χ0v) is 14.3. The minimum Gasteiger partial charge on any atom is -0.508 e. The third-order valence-corrected chi connectivity index (χ3v) is 4.33. The van der Waals surface area contributed by atoms with Gasteiger partial charge in [-0.1, -0.05) is 11.6 Å². The number of aromatic amines is 1. The van der Waals surface area contributed by atoms with Crippen LogP contribution < -0.4 is 4.74 Å². The van der Waals surface area contributed by atoms with Crippen molar-refractivity contribution in [2.75, 3.05) is 0 Å². The van der Waals surface area contributed by atoms with Gasteiger partial charge in [0, 0.05) is 33.2 Å². The number of fused-ring (bicyclic) bond motifs is 1. The van der Waals surface area contributed by atoms with E-state index in [1.54, 1.807) is 42.6 Å². The number of halogens is 1. The molecule has 26 heavy (non-hydrogen) atoms. The number of hydrogen-bond donors (Lipinski definition) is 2. The SMILES string of the molecule is O=C(c1ccc(O)cc1)c1c[nH]c2ccc(Oc3ccc(Cl)cc3)cc12. The molecule has 5 heteroatoms. The molecular weight excluding hydrogens is 350 g/mol. The largest absolute Gasteiger partial charge is 0.508 e. The van der Waals surface area contributed by atoms with Crippen molar-refractivity contribution in [3.05, 3.63) is 89.1 Å². The number of aromatic nitrogens is 1. The van der Waals surface area contributed by atoms with Crippen LogP contribution in [0.15, 0.2) is 72.9 Å². The number of carbonyl (C=O) groups is 1. The molecule has 0 saturated carbocycles. The summed E-state index contributed by atoms with van der Waals surface area (Å²) in [5.41, 5.74) is 1.90. The lowest BCUT2D eigenvalue weighted by Gasteiger charge is -2.06. The predicted octanol–water partition coefficient (Wildman–Crippen LogP) is 5.55. The number of H-pyrrole nitrogens is 1. The number of phenolic OH excluding ortho intramolecular Hbond substituents is 1. The Bertz CT molecular complexity index is 1080. The molecule has 0 unspecified atom stereocenters. The lowest BCUT2D eigenvalue weighted by molar-refractivity contribution is 0.104. The Hall–Kier alpha value is -3.24. The standard InChI is InChI=1S/C21H14ClNO3/c22-14-3-7-16(8-4-14)26-17-9-10-20-18(11-17)19(12-23-20)21(25)13-1-5-15(24)6-2-13/h1-12,23-24H. The van der Waals surface area contributed by atoms with Crippen molar-refractivity contribution < 1.29 is 14.6 Å². The van der Waals surface area contributed by atoms with Crippen LogP contribution in [0, 0.1) is 0 Å². The van der Waals surface area contributed by atoms with E-state index >= 15 is 0 Å². The molecule has 128 valence electrons. The summed E-state index contributed by atoms with van der Waals surface area (Å²) >= 11 is 5.89. The van der Waals surface area contributed by atoms with Gasteiger partial charge < -0.3 is 14.8 Å². The van der Waals surface area contributed by atoms with Gasteiger partial charge in [0.15, 0.2) is 5.78 Å². The van der Waals surface area contributed by atoms with Gasteiger partial charge in [0.1, 0.15) is 17.2 Å². The molecule has 0 aliphatic carbocycles. The summed E-state index contributed by atoms with van der Waals surface area (Å²) in [4.78, 5) is 15.9. The first-order valence-electron chi connectivity index (χ1n) is 7.98. The number of aromatic hydroxyl groups is 1. The van der Waals surface area contributed by atoms with Crippen molar-refractivity contribution >= 4 is 28.3 Å². The van der Waals surface area contributed by atoms with E-state index in [2.05, 4.69) is 4.98 Å². The van der Waals surface area contributed by atoms with Crippen LogP contribution in [0.3, 0.4) is 0 Å². The summed E-state index contributed by atoms with van der Waals surface area (Å²) in [6.45, 7) is 0. The van der Waals surface area contributed by atoms with E-state index in [-0.39, 0.29) is 11.5 Å². The molecule has 0 aliphatic heterocycles. The van der Waals surface area contributed by atoms with Crippen LogP contribution >= 0.6 is 11.6 Å². The zero-order valence-electron chi connectivity index (χ0n) is 13.6. The van der Waals surface area contributed by atoms with Crippen molar-refractivity contribution in [2.45, 2.75) is 0 Å². The van der Waals surface area contributed by atoms with Gasteiger partial charge in [0.2, 0.25) is 0 Å². The first-order chi connectivity index (χ1) is 12.6. The molecule has 0 spiro atoms. The van der Waals surface area contributed by atoms with Crippen LogP contribution in [-0.2, 0) is 0 Å². The second-order valence-corrected chi connectivity index (χ2v) is 6.28. The monoisotopic (exact) mass is 363 g/mol. The maximum absolute atomic E-state index is 12.8. The number of carbonyl (C=O) groups excluding carboxylic acids is 1. The minimum absolute atomic E-state index is 0.124. The Morgan fingerprint density at radius 3 is 2.35 bits per heavy atom. The van der Waals surface area contributed by atoms with Crippen molar-refractivity contribution in [1.29, 1.82) is 0 Å². The third kappa shape index (κ3) is 3.15. The van der Waals surface area contributed by atoms with E-state index in [0.717, 1.165) is 10.9 Å². The number of rotatable bonds is 4. The Labute approximate surface area is 154 Å². The van der Waals surface area contributed by atoms with Crippen LogP contribution in [0.5, 0.6) is 17.2 Å². The van der Waals surface area contributed by atoms with E-state index in [0.29, 0.717) is 27.6 Å². The Morgan fingerprint density at radius 1 is 0.923 bits per heavy atom. The molecule has 0 atom stereocenters. The molecular formula is C21H14ClNO3. The summed E-state index contributed by atoms with van der Waals surface area (Å²) in [6.07, 6.45) is 1.69. The number of hydrogen-bond acceptors (Lipinski definition) is 3. The summed E-state index contributed by atoms with van der Waals surface area (Å²) in [5.74, 6) is 1.29. The fraction of sp³-hybridized carbons (Fsp3) is 0. The second-order valence-electron chi connectivity index (χ2n) is 5.84. The van der Waals surface area contributed by atoms with E-state index in [1.807, 2.05) is 18.2 Å². The summed E-state index contributed by atoms with van der Waals surface area (Å²) in [5, 5.41) is 10.8. The normalized spacial score (nSPS) is 10.8. The molecule has 3 aromatic carbocycles. The number of benzene rings is 3. The first kappa shape index (κ1) is 16.2. The number of ketones is 1. The molecule has 0 saturated heterocycles. The van der Waals surface area contributed by atoms with Gasteiger partial charge in [-0.25, -0.2) is 0 Å². The smallest absolute Gasteiger partial charge is 0.195 e. The Balaban J connectivity index is 1.69. The van der Waals surface area contributed by atoms with Crippen LogP contribution in [0.4, 0.5) is 0 Å². The van der Waals surface area contributed by atoms with Crippen LogP contribution in [-0.4, -0.2) is 15.9 Å². The number of ether oxygens (including phenoxy) is 1. The van der Waals surface area contributed by atoms with E-state index in [4.69, 9.17) is 16.3 Å². The van der Waals surface area contributed by atoms with Crippen LogP contribution in [0.25, 0.3) is 10.9 Å². The van der Waals surface area contributed by atoms with Crippen molar-refractivity contribution in [1.82, 2.24) is 4.98 Å². The van der Waals surface area contributed by atoms with Gasteiger partial charge in [0.05, 0.1) is 0 Å². The molecule has 1 heterocycles. The first-order valence-corrected chi connectivity index (χ1v) is 8.36. The average Bonchev–Trinajstić information content (AvgIpc) is 3.07. The molecule has 0 aliphatic rings. The maximum Gasteiger partial charge on any atom is 0.195 e. The number of nitrogens with one attached hydrogen (secondary N) is 1. The highest BCUT2D eigenvalue weighted by molar-refractivity contribution is 6.30. The Kier molecular flexibility index (Phi) is 4.11. The highest BCUT2D eigenvalue weighted by atomic mass is 35.5. The maximum atomic E-state index is 12.8. The quantitative estimate of drug-likeness (QED) is 0.467. The fourth-order valence-electron chi connectivity index (χ4n) is 2.76. The summed E-state index contributed by atoms with van der Waals surface area (Å²) in [7, 11) is 0. The molecule has 4 aromatic rings.